The van der Waals surface area contributed by atoms with Gasteiger partial charge in [0.1, 0.15) is 12.0 Å². The molecule has 0 fully saturated rings. The molecule has 100 valence electrons. The molecule has 0 saturated heterocycles. The van der Waals surface area contributed by atoms with Gasteiger partial charge in [0, 0.05) is 5.56 Å². The third-order valence-corrected chi connectivity index (χ3v) is 2.52. The number of halogens is 3. The average Bonchev–Trinajstić information content (AvgIpc) is 2.37. The average molecular weight is 269 g/mol. The molecule has 0 bridgehead atoms. The van der Waals surface area contributed by atoms with Gasteiger partial charge in [0.2, 0.25) is 0 Å². The largest absolute Gasteiger partial charge is 0.491 e. The fourth-order valence-corrected chi connectivity index (χ4v) is 1.72. The molecule has 0 aliphatic heterocycles. The van der Waals surface area contributed by atoms with Crippen LogP contribution < -0.4 is 10.5 Å². The van der Waals surface area contributed by atoms with Gasteiger partial charge in [-0.05, 0) is 6.07 Å². The Hall–Kier alpha value is -2.31. The van der Waals surface area contributed by atoms with Crippen molar-refractivity contribution in [2.75, 3.05) is 12.8 Å². The van der Waals surface area contributed by atoms with Crippen molar-refractivity contribution in [3.05, 3.63) is 36.2 Å². The Balaban J connectivity index is 2.70. The van der Waals surface area contributed by atoms with Crippen molar-refractivity contribution in [2.45, 2.75) is 6.18 Å². The fraction of sp³-hybridized carbons (Fsp3) is 0.167. The molecule has 0 aliphatic carbocycles. The predicted octanol–water partition coefficient (Wildman–Crippen LogP) is 2.75. The highest BCUT2D eigenvalue weighted by atomic mass is 19.4. The van der Waals surface area contributed by atoms with E-state index in [1.54, 1.807) is 0 Å². The molecule has 0 atom stereocenters. The Bertz CT molecular complexity index is 599. The second kappa shape index (κ2) is 4.75. The monoisotopic (exact) mass is 269 g/mol. The van der Waals surface area contributed by atoms with Crippen LogP contribution in [0.5, 0.6) is 5.75 Å². The minimum atomic E-state index is -4.48. The molecular formula is C12H10F3N3O. The molecule has 1 heterocycles. The quantitative estimate of drug-likeness (QED) is 0.910. The van der Waals surface area contributed by atoms with Crippen molar-refractivity contribution in [1.82, 2.24) is 9.97 Å². The zero-order valence-corrected chi connectivity index (χ0v) is 9.90. The second-order valence-corrected chi connectivity index (χ2v) is 3.68. The Kier molecular flexibility index (Phi) is 3.28. The van der Waals surface area contributed by atoms with Crippen LogP contribution in [0, 0.1) is 0 Å². The molecule has 0 amide bonds. The smallest absolute Gasteiger partial charge is 0.417 e. The minimum absolute atomic E-state index is 0.00974. The topological polar surface area (TPSA) is 61.0 Å². The number of nitrogens with zero attached hydrogens (tertiary/aromatic N) is 2. The molecule has 0 saturated carbocycles. The van der Waals surface area contributed by atoms with Crippen LogP contribution in [0.4, 0.5) is 19.0 Å². The molecule has 2 aromatic rings. The molecule has 19 heavy (non-hydrogen) atoms. The van der Waals surface area contributed by atoms with Gasteiger partial charge in [-0.3, -0.25) is 0 Å². The molecular weight excluding hydrogens is 259 g/mol. The zero-order chi connectivity index (χ0) is 14.0. The molecule has 0 aliphatic rings. The number of anilines is 1. The molecule has 7 heteroatoms. The van der Waals surface area contributed by atoms with Crippen molar-refractivity contribution in [3.63, 3.8) is 0 Å². The molecule has 0 spiro atoms. The van der Waals surface area contributed by atoms with Gasteiger partial charge in [-0.15, -0.1) is 0 Å². The summed E-state index contributed by atoms with van der Waals surface area (Å²) in [5.74, 6) is 0.0173. The predicted molar refractivity (Wildman–Crippen MR) is 63.4 cm³/mol. The lowest BCUT2D eigenvalue weighted by Gasteiger charge is -2.14. The van der Waals surface area contributed by atoms with Gasteiger partial charge in [-0.2, -0.15) is 13.2 Å². The minimum Gasteiger partial charge on any atom is -0.491 e. The van der Waals surface area contributed by atoms with Crippen molar-refractivity contribution in [1.29, 1.82) is 0 Å². The highest BCUT2D eigenvalue weighted by molar-refractivity contribution is 5.74. The van der Waals surface area contributed by atoms with E-state index in [-0.39, 0.29) is 22.8 Å². The number of nitrogens with two attached hydrogens (primary N) is 1. The van der Waals surface area contributed by atoms with Crippen LogP contribution >= 0.6 is 0 Å². The number of aromatic nitrogens is 2. The molecule has 2 N–H and O–H groups in total. The number of benzene rings is 1. The van der Waals surface area contributed by atoms with Crippen LogP contribution in [0.2, 0.25) is 0 Å². The molecule has 4 nitrogen and oxygen atoms in total. The number of alkyl halides is 3. The second-order valence-electron chi connectivity index (χ2n) is 3.68. The number of methoxy groups -OCH3 is 1. The summed E-state index contributed by atoms with van der Waals surface area (Å²) in [6.07, 6.45) is -3.39. The van der Waals surface area contributed by atoms with Crippen molar-refractivity contribution < 1.29 is 17.9 Å². The highest BCUT2D eigenvalue weighted by Gasteiger charge is 2.34. The maximum absolute atomic E-state index is 13.0. The molecule has 1 aromatic carbocycles. The summed E-state index contributed by atoms with van der Waals surface area (Å²) >= 11 is 0. The summed E-state index contributed by atoms with van der Waals surface area (Å²) in [7, 11) is 1.30. The van der Waals surface area contributed by atoms with Gasteiger partial charge in [0.15, 0.2) is 11.6 Å². The molecule has 0 radical (unpaired) electrons. The number of rotatable bonds is 2. The Morgan fingerprint density at radius 1 is 1.16 bits per heavy atom. The normalized spacial score (nSPS) is 11.4. The first-order chi connectivity index (χ1) is 8.95. The number of nitrogen functional groups attached to an aromatic ring is 1. The first-order valence-electron chi connectivity index (χ1n) is 5.26. The van der Waals surface area contributed by atoms with Gasteiger partial charge < -0.3 is 10.5 Å². The van der Waals surface area contributed by atoms with E-state index < -0.39 is 11.7 Å². The molecule has 2 rings (SSSR count). The first-order valence-corrected chi connectivity index (χ1v) is 5.26. The number of hydrogen-bond acceptors (Lipinski definition) is 4. The Labute approximate surface area is 107 Å². The summed E-state index contributed by atoms with van der Waals surface area (Å²) in [4.78, 5) is 7.53. The van der Waals surface area contributed by atoms with E-state index in [2.05, 4.69) is 9.97 Å². The number of ether oxygens (including phenoxy) is 1. The summed E-state index contributed by atoms with van der Waals surface area (Å²) in [6.45, 7) is 0. The lowest BCUT2D eigenvalue weighted by Crippen LogP contribution is -2.08. The van der Waals surface area contributed by atoms with E-state index in [4.69, 9.17) is 10.5 Å². The molecule has 0 unspecified atom stereocenters. The van der Waals surface area contributed by atoms with Gasteiger partial charge in [-0.25, -0.2) is 9.97 Å². The maximum atomic E-state index is 13.0. The first kappa shape index (κ1) is 13.1. The van der Waals surface area contributed by atoms with Gasteiger partial charge in [-0.1, -0.05) is 18.2 Å². The highest BCUT2D eigenvalue weighted by Crippen LogP contribution is 2.40. The van der Waals surface area contributed by atoms with E-state index >= 15 is 0 Å². The Morgan fingerprint density at radius 2 is 1.84 bits per heavy atom. The fourth-order valence-electron chi connectivity index (χ4n) is 1.72. The lowest BCUT2D eigenvalue weighted by atomic mass is 10.0. The number of hydrogen-bond donors (Lipinski definition) is 1. The van der Waals surface area contributed by atoms with E-state index in [1.807, 2.05) is 0 Å². The Morgan fingerprint density at radius 3 is 2.47 bits per heavy atom. The van der Waals surface area contributed by atoms with Crippen LogP contribution in [0.15, 0.2) is 30.6 Å². The van der Waals surface area contributed by atoms with Crippen molar-refractivity contribution >= 4 is 5.82 Å². The SMILES string of the molecule is COc1c(N)ncnc1-c1ccccc1C(F)(F)F. The zero-order valence-electron chi connectivity index (χ0n) is 9.90. The van der Waals surface area contributed by atoms with Crippen LogP contribution in [0.1, 0.15) is 5.56 Å². The third-order valence-electron chi connectivity index (χ3n) is 2.52. The van der Waals surface area contributed by atoms with Crippen molar-refractivity contribution in [3.8, 4) is 17.0 Å². The van der Waals surface area contributed by atoms with Crippen LogP contribution in [-0.4, -0.2) is 17.1 Å². The van der Waals surface area contributed by atoms with E-state index in [9.17, 15) is 13.2 Å². The van der Waals surface area contributed by atoms with Crippen LogP contribution in [-0.2, 0) is 6.18 Å². The summed E-state index contributed by atoms with van der Waals surface area (Å²) in [5, 5.41) is 0. The van der Waals surface area contributed by atoms with E-state index in [0.717, 1.165) is 12.4 Å². The van der Waals surface area contributed by atoms with Crippen molar-refractivity contribution in [2.24, 2.45) is 0 Å². The van der Waals surface area contributed by atoms with Crippen LogP contribution in [0.25, 0.3) is 11.3 Å². The van der Waals surface area contributed by atoms with Gasteiger partial charge in [0.05, 0.1) is 12.7 Å². The summed E-state index contributed by atoms with van der Waals surface area (Å²) in [5.41, 5.74) is 4.69. The standard InChI is InChI=1S/C12H10F3N3O/c1-19-10-9(17-6-18-11(10)16)7-4-2-3-5-8(7)12(13,14)15/h2-6H,1H3,(H2,16,17,18). The van der Waals surface area contributed by atoms with Crippen LogP contribution in [0.3, 0.4) is 0 Å². The van der Waals surface area contributed by atoms with Gasteiger partial charge >= 0.3 is 6.18 Å². The summed E-state index contributed by atoms with van der Waals surface area (Å²) in [6, 6.07) is 5.09. The molecule has 1 aromatic heterocycles. The van der Waals surface area contributed by atoms with E-state index in [0.29, 0.717) is 0 Å². The lowest BCUT2D eigenvalue weighted by molar-refractivity contribution is -0.137. The summed E-state index contributed by atoms with van der Waals surface area (Å²) < 4.78 is 43.8. The van der Waals surface area contributed by atoms with E-state index in [1.165, 1.54) is 25.3 Å². The maximum Gasteiger partial charge on any atom is 0.417 e. The third kappa shape index (κ3) is 2.44. The van der Waals surface area contributed by atoms with Gasteiger partial charge in [0.25, 0.3) is 0 Å².